The van der Waals surface area contributed by atoms with E-state index in [1.165, 1.54) is 25.7 Å². The molecule has 1 aromatic carbocycles. The third-order valence-electron chi connectivity index (χ3n) is 4.60. The van der Waals surface area contributed by atoms with Crippen LogP contribution in [0.4, 0.5) is 0 Å². The molecule has 3 unspecified atom stereocenters. The van der Waals surface area contributed by atoms with Gasteiger partial charge < -0.3 is 10.4 Å². The molecule has 92 valence electrons. The first-order valence-corrected chi connectivity index (χ1v) is 6.80. The van der Waals surface area contributed by atoms with Gasteiger partial charge in [0.2, 0.25) is 0 Å². The Morgan fingerprint density at radius 2 is 2.06 bits per heavy atom. The van der Waals surface area contributed by atoms with Gasteiger partial charge in [0.15, 0.2) is 0 Å². The van der Waals surface area contributed by atoms with Crippen molar-refractivity contribution in [2.75, 3.05) is 6.54 Å². The number of rotatable bonds is 4. The summed E-state index contributed by atoms with van der Waals surface area (Å²) in [4.78, 5) is 0. The van der Waals surface area contributed by atoms with Crippen molar-refractivity contribution in [3.63, 3.8) is 0 Å². The fourth-order valence-corrected chi connectivity index (χ4v) is 3.68. The van der Waals surface area contributed by atoms with E-state index in [1.807, 2.05) is 18.2 Å². The van der Waals surface area contributed by atoms with Crippen molar-refractivity contribution in [3.8, 4) is 5.75 Å². The zero-order valence-corrected chi connectivity index (χ0v) is 10.2. The second-order valence-corrected chi connectivity index (χ2v) is 5.69. The summed E-state index contributed by atoms with van der Waals surface area (Å²) in [5.74, 6) is 3.31. The molecule has 3 atom stereocenters. The van der Waals surface area contributed by atoms with Gasteiger partial charge in [0.1, 0.15) is 5.75 Å². The first-order chi connectivity index (χ1) is 8.33. The van der Waals surface area contributed by atoms with Crippen LogP contribution in [0.1, 0.15) is 31.2 Å². The molecular formula is C15H21NO. The lowest BCUT2D eigenvalue weighted by Gasteiger charge is -2.22. The van der Waals surface area contributed by atoms with Gasteiger partial charge in [-0.1, -0.05) is 24.6 Å². The maximum Gasteiger partial charge on any atom is 0.120 e. The van der Waals surface area contributed by atoms with Gasteiger partial charge >= 0.3 is 0 Å². The number of phenolic OH excluding ortho intramolecular Hbond substituents is 1. The monoisotopic (exact) mass is 231 g/mol. The summed E-state index contributed by atoms with van der Waals surface area (Å²) in [6.45, 7) is 1.91. The Balaban J connectivity index is 1.48. The molecule has 2 N–H and O–H groups in total. The third kappa shape index (κ3) is 2.32. The van der Waals surface area contributed by atoms with Gasteiger partial charge in [0, 0.05) is 12.1 Å². The SMILES string of the molecule is Oc1ccccc1CNCC1CC2CCC1C2. The molecule has 3 rings (SSSR count). The lowest BCUT2D eigenvalue weighted by Crippen LogP contribution is -2.26. The smallest absolute Gasteiger partial charge is 0.120 e. The number of hydrogen-bond acceptors (Lipinski definition) is 2. The number of fused-ring (bicyclic) bond motifs is 2. The summed E-state index contributed by atoms with van der Waals surface area (Å²) < 4.78 is 0. The summed E-state index contributed by atoms with van der Waals surface area (Å²) in [7, 11) is 0. The van der Waals surface area contributed by atoms with Crippen LogP contribution in [0.2, 0.25) is 0 Å². The number of hydrogen-bond donors (Lipinski definition) is 2. The molecular weight excluding hydrogens is 210 g/mol. The van der Waals surface area contributed by atoms with Crippen LogP contribution in [-0.2, 0) is 6.54 Å². The van der Waals surface area contributed by atoms with Gasteiger partial charge in [-0.2, -0.15) is 0 Å². The highest BCUT2D eigenvalue weighted by Crippen LogP contribution is 2.47. The van der Waals surface area contributed by atoms with E-state index in [9.17, 15) is 5.11 Å². The predicted octanol–water partition coefficient (Wildman–Crippen LogP) is 2.92. The van der Waals surface area contributed by atoms with Gasteiger partial charge in [0.05, 0.1) is 0 Å². The molecule has 2 fully saturated rings. The Kier molecular flexibility index (Phi) is 3.06. The minimum atomic E-state index is 0.410. The van der Waals surface area contributed by atoms with E-state index in [0.29, 0.717) is 5.75 Å². The second kappa shape index (κ2) is 4.69. The minimum absolute atomic E-state index is 0.410. The van der Waals surface area contributed by atoms with Crippen molar-refractivity contribution in [3.05, 3.63) is 29.8 Å². The standard InChI is InChI=1S/C15H21NO/c17-15-4-2-1-3-13(15)9-16-10-14-8-11-5-6-12(14)7-11/h1-4,11-12,14,16-17H,5-10H2. The summed E-state index contributed by atoms with van der Waals surface area (Å²) in [5.41, 5.74) is 1.01. The Bertz CT molecular complexity index is 390. The maximum atomic E-state index is 9.67. The van der Waals surface area contributed by atoms with Gasteiger partial charge in [-0.25, -0.2) is 0 Å². The lowest BCUT2D eigenvalue weighted by atomic mass is 9.89. The lowest BCUT2D eigenvalue weighted by molar-refractivity contribution is 0.318. The average Bonchev–Trinajstić information content (AvgIpc) is 2.94. The van der Waals surface area contributed by atoms with Crippen LogP contribution in [0, 0.1) is 17.8 Å². The summed E-state index contributed by atoms with van der Waals surface area (Å²) in [5, 5.41) is 13.2. The molecule has 2 saturated carbocycles. The number of para-hydroxylation sites is 1. The average molecular weight is 231 g/mol. The fourth-order valence-electron chi connectivity index (χ4n) is 3.68. The van der Waals surface area contributed by atoms with Crippen LogP contribution in [-0.4, -0.2) is 11.7 Å². The zero-order valence-electron chi connectivity index (χ0n) is 10.2. The van der Waals surface area contributed by atoms with E-state index >= 15 is 0 Å². The number of benzene rings is 1. The van der Waals surface area contributed by atoms with Gasteiger partial charge in [-0.3, -0.25) is 0 Å². The van der Waals surface area contributed by atoms with E-state index < -0.39 is 0 Å². The molecule has 0 aliphatic heterocycles. The summed E-state index contributed by atoms with van der Waals surface area (Å²) in [6, 6.07) is 7.60. The molecule has 0 radical (unpaired) electrons. The van der Waals surface area contributed by atoms with Gasteiger partial charge in [0.25, 0.3) is 0 Å². The quantitative estimate of drug-likeness (QED) is 0.835. The highest BCUT2D eigenvalue weighted by atomic mass is 16.3. The highest BCUT2D eigenvalue weighted by Gasteiger charge is 2.38. The molecule has 1 aromatic rings. The van der Waals surface area contributed by atoms with Crippen LogP contribution in [0.5, 0.6) is 5.75 Å². The first kappa shape index (κ1) is 11.1. The number of aromatic hydroxyl groups is 1. The van der Waals surface area contributed by atoms with E-state index in [1.54, 1.807) is 6.07 Å². The van der Waals surface area contributed by atoms with Crippen molar-refractivity contribution in [2.45, 2.75) is 32.2 Å². The van der Waals surface area contributed by atoms with E-state index in [2.05, 4.69) is 5.32 Å². The molecule has 0 saturated heterocycles. The Labute approximate surface area is 103 Å². The van der Waals surface area contributed by atoms with E-state index in [4.69, 9.17) is 0 Å². The minimum Gasteiger partial charge on any atom is -0.508 e. The summed E-state index contributed by atoms with van der Waals surface area (Å²) in [6.07, 6.45) is 5.83. The Hall–Kier alpha value is -1.02. The number of nitrogens with one attached hydrogen (secondary N) is 1. The topological polar surface area (TPSA) is 32.3 Å². The van der Waals surface area contributed by atoms with Gasteiger partial charge in [-0.05, 0) is 49.6 Å². The molecule has 2 aliphatic carbocycles. The Morgan fingerprint density at radius 3 is 2.76 bits per heavy atom. The molecule has 2 aliphatic rings. The molecule has 0 aromatic heterocycles. The predicted molar refractivity (Wildman–Crippen MR) is 68.8 cm³/mol. The largest absolute Gasteiger partial charge is 0.508 e. The molecule has 0 heterocycles. The molecule has 0 amide bonds. The number of phenols is 1. The van der Waals surface area contributed by atoms with Crippen molar-refractivity contribution >= 4 is 0 Å². The van der Waals surface area contributed by atoms with Crippen LogP contribution in [0.3, 0.4) is 0 Å². The Morgan fingerprint density at radius 1 is 1.18 bits per heavy atom. The van der Waals surface area contributed by atoms with E-state index in [0.717, 1.165) is 36.4 Å². The zero-order chi connectivity index (χ0) is 11.7. The van der Waals surface area contributed by atoms with E-state index in [-0.39, 0.29) is 0 Å². The van der Waals surface area contributed by atoms with Gasteiger partial charge in [-0.15, -0.1) is 0 Å². The maximum absolute atomic E-state index is 9.67. The van der Waals surface area contributed by atoms with Crippen LogP contribution in [0.15, 0.2) is 24.3 Å². The normalized spacial score (nSPS) is 30.9. The second-order valence-electron chi connectivity index (χ2n) is 5.69. The van der Waals surface area contributed by atoms with Crippen molar-refractivity contribution in [1.82, 2.24) is 5.32 Å². The van der Waals surface area contributed by atoms with Crippen LogP contribution >= 0.6 is 0 Å². The summed E-state index contributed by atoms with van der Waals surface area (Å²) >= 11 is 0. The van der Waals surface area contributed by atoms with Crippen LogP contribution < -0.4 is 5.32 Å². The molecule has 2 bridgehead atoms. The van der Waals surface area contributed by atoms with Crippen LogP contribution in [0.25, 0.3) is 0 Å². The first-order valence-electron chi connectivity index (χ1n) is 6.80. The van der Waals surface area contributed by atoms with Crippen molar-refractivity contribution < 1.29 is 5.11 Å². The molecule has 17 heavy (non-hydrogen) atoms. The fraction of sp³-hybridized carbons (Fsp3) is 0.600. The highest BCUT2D eigenvalue weighted by molar-refractivity contribution is 5.31. The van der Waals surface area contributed by atoms with Crippen molar-refractivity contribution in [2.24, 2.45) is 17.8 Å². The third-order valence-corrected chi connectivity index (χ3v) is 4.60. The molecule has 2 nitrogen and oxygen atoms in total. The van der Waals surface area contributed by atoms with Crippen molar-refractivity contribution in [1.29, 1.82) is 0 Å². The molecule has 0 spiro atoms. The molecule has 2 heteroatoms.